The Hall–Kier alpha value is -3.62. The van der Waals surface area contributed by atoms with Gasteiger partial charge in [0.05, 0.1) is 0 Å². The average molecular weight is 621 g/mol. The maximum atomic E-state index is 9.79. The Morgan fingerprint density at radius 2 is 0.933 bits per heavy atom. The molecule has 0 spiro atoms. The van der Waals surface area contributed by atoms with Crippen LogP contribution >= 0.6 is 0 Å². The summed E-state index contributed by atoms with van der Waals surface area (Å²) in [5.74, 6) is -1.90. The number of carboxylic acid groups (broad SMARTS) is 2. The number of benzene rings is 2. The first kappa shape index (κ1) is 37.6. The van der Waals surface area contributed by atoms with Gasteiger partial charge in [-0.2, -0.15) is 0 Å². The summed E-state index contributed by atoms with van der Waals surface area (Å²) in [4.78, 5) is 31.4. The minimum atomic E-state index is -0.948. The summed E-state index contributed by atoms with van der Waals surface area (Å²) in [6, 6.07) is 19.5. The average Bonchev–Trinajstić information content (AvgIpc) is 3.57. The van der Waals surface area contributed by atoms with E-state index in [9.17, 15) is 9.59 Å². The number of para-hydroxylation sites is 2. The first-order valence-electron chi connectivity index (χ1n) is 16.4. The number of aromatic amines is 2. The lowest BCUT2D eigenvalue weighted by Crippen LogP contribution is -2.38. The van der Waals surface area contributed by atoms with Crippen molar-refractivity contribution in [2.24, 2.45) is 0 Å². The Kier molecular flexibility index (Phi) is 15.9. The van der Waals surface area contributed by atoms with Crippen LogP contribution in [-0.4, -0.2) is 79.2 Å². The monoisotopic (exact) mass is 620 g/mol. The first-order chi connectivity index (χ1) is 21.3. The lowest BCUT2D eigenvalue weighted by molar-refractivity contribution is -0.138. The van der Waals surface area contributed by atoms with E-state index in [1.54, 1.807) is 0 Å². The zero-order chi connectivity index (χ0) is 33.5. The predicted octanol–water partition coefficient (Wildman–Crippen LogP) is 7.98. The van der Waals surface area contributed by atoms with Crippen molar-refractivity contribution in [1.29, 1.82) is 0 Å². The molecule has 4 aromatic rings. The van der Waals surface area contributed by atoms with Crippen LogP contribution in [0.1, 0.15) is 85.8 Å². The van der Waals surface area contributed by atoms with Crippen molar-refractivity contribution in [2.75, 3.05) is 13.1 Å². The van der Waals surface area contributed by atoms with E-state index in [1.807, 2.05) is 0 Å². The highest BCUT2D eigenvalue weighted by atomic mass is 16.4. The van der Waals surface area contributed by atoms with E-state index < -0.39 is 11.9 Å². The molecule has 2 aromatic heterocycles. The topological polar surface area (TPSA) is 113 Å². The minimum Gasteiger partial charge on any atom is -0.481 e. The summed E-state index contributed by atoms with van der Waals surface area (Å²) in [5.41, 5.74) is 5.34. The number of nitrogens with zero attached hydrogens (tertiary/aromatic N) is 2. The summed E-state index contributed by atoms with van der Waals surface area (Å²) in [5, 5.41) is 18.8. The minimum absolute atomic E-state index is 0.0632. The zero-order valence-corrected chi connectivity index (χ0v) is 28.6. The molecule has 2 aromatic carbocycles. The summed E-state index contributed by atoms with van der Waals surface area (Å²) < 4.78 is 0. The van der Waals surface area contributed by atoms with Crippen molar-refractivity contribution >= 4 is 33.7 Å². The van der Waals surface area contributed by atoms with E-state index in [-0.39, 0.29) is 19.3 Å². The van der Waals surface area contributed by atoms with Gasteiger partial charge in [0.1, 0.15) is 0 Å². The molecule has 0 aliphatic rings. The Morgan fingerprint density at radius 1 is 0.600 bits per heavy atom. The van der Waals surface area contributed by atoms with Crippen LogP contribution < -0.4 is 0 Å². The summed E-state index contributed by atoms with van der Waals surface area (Å²) in [6.07, 6.45) is 6.62. The number of rotatable bonds is 14. The van der Waals surface area contributed by atoms with Gasteiger partial charge in [0, 0.05) is 84.3 Å². The van der Waals surface area contributed by atoms with Crippen molar-refractivity contribution in [3.8, 4) is 0 Å². The van der Waals surface area contributed by atoms with Crippen LogP contribution in [0.5, 0.6) is 0 Å². The van der Waals surface area contributed by atoms with Gasteiger partial charge >= 0.3 is 11.9 Å². The number of nitrogens with one attached hydrogen (secondary N) is 2. The van der Waals surface area contributed by atoms with Gasteiger partial charge in [0.2, 0.25) is 0 Å². The van der Waals surface area contributed by atoms with Crippen LogP contribution in [0.15, 0.2) is 60.9 Å². The number of hydrogen-bond donors (Lipinski definition) is 4. The summed E-state index contributed by atoms with van der Waals surface area (Å²) in [7, 11) is 0. The molecule has 0 atom stereocenters. The standard InChI is InChI=1S/2C16H24N2.C5H8O4/c2*1-12(2)18(13(3)4)10-9-14-11-17-16-8-6-5-7-15(14)16;6-4(7)2-1-3-5(8)9/h2*5-8,11-13,17H,9-10H2,1-4H3;1-3H2,(H,6,7)(H,8,9). The highest BCUT2D eigenvalue weighted by Crippen LogP contribution is 2.20. The fourth-order valence-corrected chi connectivity index (χ4v) is 5.79. The number of carbonyl (C=O) groups is 2. The van der Waals surface area contributed by atoms with Crippen LogP contribution in [0.3, 0.4) is 0 Å². The predicted molar refractivity (Wildman–Crippen MR) is 187 cm³/mol. The Bertz CT molecular complexity index is 1310. The molecule has 248 valence electrons. The fourth-order valence-electron chi connectivity index (χ4n) is 5.79. The Balaban J connectivity index is 0.000000250. The highest BCUT2D eigenvalue weighted by Gasteiger charge is 2.15. The molecule has 4 rings (SSSR count). The third-order valence-electron chi connectivity index (χ3n) is 8.06. The second-order valence-corrected chi connectivity index (χ2v) is 12.7. The molecule has 0 saturated heterocycles. The van der Waals surface area contributed by atoms with Crippen molar-refractivity contribution in [2.45, 2.75) is 112 Å². The third-order valence-corrected chi connectivity index (χ3v) is 8.06. The largest absolute Gasteiger partial charge is 0.481 e. The van der Waals surface area contributed by atoms with Gasteiger partial charge in [-0.1, -0.05) is 36.4 Å². The number of fused-ring (bicyclic) bond motifs is 2. The smallest absolute Gasteiger partial charge is 0.303 e. The molecule has 0 amide bonds. The summed E-state index contributed by atoms with van der Waals surface area (Å²) >= 11 is 0. The van der Waals surface area contributed by atoms with Crippen LogP contribution in [0.4, 0.5) is 0 Å². The van der Waals surface area contributed by atoms with Gasteiger partial charge in [-0.05, 0) is 97.9 Å². The van der Waals surface area contributed by atoms with Crippen LogP contribution in [0.2, 0.25) is 0 Å². The highest BCUT2D eigenvalue weighted by molar-refractivity contribution is 5.83. The molecule has 0 fully saturated rings. The number of carboxylic acids is 2. The maximum absolute atomic E-state index is 9.79. The van der Waals surface area contributed by atoms with Crippen LogP contribution in [0.25, 0.3) is 21.8 Å². The normalized spacial score (nSPS) is 11.5. The van der Waals surface area contributed by atoms with E-state index in [2.05, 4.69) is 136 Å². The van der Waals surface area contributed by atoms with Crippen LogP contribution in [0, 0.1) is 0 Å². The van der Waals surface area contributed by atoms with Gasteiger partial charge in [-0.15, -0.1) is 0 Å². The van der Waals surface area contributed by atoms with Gasteiger partial charge in [-0.3, -0.25) is 19.4 Å². The second-order valence-electron chi connectivity index (χ2n) is 12.7. The lowest BCUT2D eigenvalue weighted by atomic mass is 10.1. The molecule has 0 radical (unpaired) electrons. The molecule has 0 saturated carbocycles. The van der Waals surface area contributed by atoms with Crippen molar-refractivity contribution in [3.05, 3.63) is 72.1 Å². The molecule has 2 heterocycles. The quantitative estimate of drug-likeness (QED) is 0.114. The Morgan fingerprint density at radius 3 is 1.24 bits per heavy atom. The van der Waals surface area contributed by atoms with Gasteiger partial charge in [-0.25, -0.2) is 0 Å². The molecule has 0 unspecified atom stereocenters. The van der Waals surface area contributed by atoms with Crippen molar-refractivity contribution in [1.82, 2.24) is 19.8 Å². The van der Waals surface area contributed by atoms with E-state index in [0.29, 0.717) is 24.2 Å². The van der Waals surface area contributed by atoms with E-state index in [4.69, 9.17) is 10.2 Å². The number of aliphatic carboxylic acids is 2. The zero-order valence-electron chi connectivity index (χ0n) is 28.6. The maximum Gasteiger partial charge on any atom is 0.303 e. The molecule has 8 nitrogen and oxygen atoms in total. The lowest BCUT2D eigenvalue weighted by Gasteiger charge is -2.30. The molecular formula is C37H56N4O4. The molecule has 0 bridgehead atoms. The summed E-state index contributed by atoms with van der Waals surface area (Å²) in [6.45, 7) is 20.4. The van der Waals surface area contributed by atoms with Gasteiger partial charge < -0.3 is 20.2 Å². The molecule has 8 heteroatoms. The van der Waals surface area contributed by atoms with Crippen molar-refractivity contribution in [3.63, 3.8) is 0 Å². The van der Waals surface area contributed by atoms with Gasteiger partial charge in [0.25, 0.3) is 0 Å². The number of aromatic nitrogens is 2. The first-order valence-corrected chi connectivity index (χ1v) is 16.4. The molecule has 0 aliphatic heterocycles. The SMILES string of the molecule is CC(C)N(CCc1c[nH]c2ccccc12)C(C)C.CC(C)N(CCc1c[nH]c2ccccc12)C(C)C.O=C(O)CCCC(=O)O. The van der Waals surface area contributed by atoms with E-state index >= 15 is 0 Å². The Labute approximate surface area is 269 Å². The number of hydrogen-bond acceptors (Lipinski definition) is 4. The molecule has 0 aliphatic carbocycles. The van der Waals surface area contributed by atoms with Crippen molar-refractivity contribution < 1.29 is 19.8 Å². The third kappa shape index (κ3) is 12.7. The van der Waals surface area contributed by atoms with E-state index in [0.717, 1.165) is 25.9 Å². The van der Waals surface area contributed by atoms with Crippen LogP contribution in [-0.2, 0) is 22.4 Å². The van der Waals surface area contributed by atoms with E-state index in [1.165, 1.54) is 32.9 Å². The fraction of sp³-hybridized carbons (Fsp3) is 0.514. The van der Waals surface area contributed by atoms with Gasteiger partial charge in [0.15, 0.2) is 0 Å². The second kappa shape index (κ2) is 19.0. The molecule has 45 heavy (non-hydrogen) atoms. The number of H-pyrrole nitrogens is 2. The molecular weight excluding hydrogens is 564 g/mol. The molecule has 4 N–H and O–H groups in total.